The summed E-state index contributed by atoms with van der Waals surface area (Å²) in [6, 6.07) is -11.3. The molecule has 0 fully saturated rings. The summed E-state index contributed by atoms with van der Waals surface area (Å²) in [6.07, 6.45) is -4.97. The number of phenolic OH excluding ortho intramolecular Hbond substituents is 2. The largest absolute Gasteiger partial charge is 0.508 e. The van der Waals surface area contributed by atoms with Crippen LogP contribution in [-0.2, 0) is 80.0 Å². The van der Waals surface area contributed by atoms with E-state index in [0.717, 1.165) is 6.92 Å². The zero-order valence-electron chi connectivity index (χ0n) is 61.0. The third-order valence-electron chi connectivity index (χ3n) is 16.3. The Kier molecular flexibility index (Phi) is 42.5. The summed E-state index contributed by atoms with van der Waals surface area (Å²) in [6.45, 7) is 1.70. The standard InChI is InChI=1S/C65H107N23O20S2/c1-31(90)48(60(104)81-40(18-22-68)53(97)77-38(7-5-25-76-64(74)108)52(96)86-46(30-109)59(103)80-39(17-21-67)54(98)85-45(29-89)58(102)84-44(62(106)107)27-33-10-14-35(92)15-11-33)87-55(99)41(19-23-69)79-51(95)37(6-4-24-75-63(72)73)78-56(100)43(28-47(71)93)83-61(105)49(65(2,3)110)88-57(101)42(82-50(94)36(70)16-20-66)26-32-8-12-34(91)13-9-32/h8-15,31,36-46,48-49,89-92,109-110H,4-7,16-30,66-70H2,1-3H3,(H2,71,93)(H,77,97)(H,78,100)(H,79,95)(H,80,103)(H,81,104)(H,82,94)(H,83,105)(H,84,102)(H,85,98)(H,86,96)(H,87,99)(H,88,101)(H,106,107)(H4,72,73,75)(H3,74,76,108)/t31-,36+,37+,38+,39+,40-,41+,42+,43+,44+,45+,46+,48+,49-/m1/s1. The maximum Gasteiger partial charge on any atom is 0.326 e. The Morgan fingerprint density at radius 2 is 0.800 bits per heavy atom. The smallest absolute Gasteiger partial charge is 0.326 e. The van der Waals surface area contributed by atoms with Gasteiger partial charge in [-0.3, -0.25) is 67.7 Å². The summed E-state index contributed by atoms with van der Waals surface area (Å²) in [5.74, 6) is -16.9. The number of carboxylic acid groups (broad SMARTS) is 1. The Hall–Kier alpha value is -10.4. The van der Waals surface area contributed by atoms with E-state index in [-0.39, 0.29) is 109 Å². The highest BCUT2D eigenvalue weighted by atomic mass is 32.1. The lowest BCUT2D eigenvalue weighted by Gasteiger charge is -2.32. The van der Waals surface area contributed by atoms with Crippen molar-refractivity contribution in [1.29, 1.82) is 5.41 Å². The first kappa shape index (κ1) is 95.7. The van der Waals surface area contributed by atoms with Gasteiger partial charge in [-0.15, -0.1) is 0 Å². The third-order valence-corrected chi connectivity index (χ3v) is 16.9. The first-order valence-electron chi connectivity index (χ1n) is 34.7. The number of aliphatic carboxylic acids is 1. The Bertz CT molecular complexity index is 3450. The predicted octanol–water partition coefficient (Wildman–Crippen LogP) is -10.9. The van der Waals surface area contributed by atoms with Gasteiger partial charge in [-0.2, -0.15) is 25.3 Å². The number of aliphatic hydroxyl groups excluding tert-OH is 2. The second-order valence-electron chi connectivity index (χ2n) is 25.9. The van der Waals surface area contributed by atoms with Crippen molar-refractivity contribution in [2.24, 2.45) is 45.9 Å². The molecule has 0 heterocycles. The number of carbonyl (C=O) groups excluding carboxylic acids is 14. The van der Waals surface area contributed by atoms with Crippen LogP contribution in [0.25, 0.3) is 0 Å². The normalized spacial score (nSPS) is 15.0. The number of primary amides is 2. The number of nitrogens with two attached hydrogens (primary N) is 8. The Morgan fingerprint density at radius 3 is 1.19 bits per heavy atom. The molecule has 0 aliphatic rings. The minimum Gasteiger partial charge on any atom is -0.508 e. The molecule has 0 radical (unpaired) electrons. The number of guanidine groups is 1. The minimum absolute atomic E-state index is 0.0222. The van der Waals surface area contributed by atoms with Gasteiger partial charge >= 0.3 is 12.0 Å². The average molecular weight is 1590 g/mol. The SMILES string of the molecule is C[C@@H](O)[C@H](NC(=O)[C@H](CCN)NC(=O)[C@H](CCCNC(=N)N)NC(=O)[C@H](CC(N)=O)NC(=O)[C@@H](NC(=O)[C@H](Cc1ccc(O)cc1)NC(=O)[C@@H](N)CCN)C(C)(C)S)C(=O)N[C@H](CCN)C(=O)N[C@@H](CCCNC(N)=O)C(=O)N[C@@H](CS)C(=O)N[C@@H](CCN)C(=O)N[C@@H](CO)C(=O)N[C@@H](Cc1ccc(O)cc1)C(=O)O. The number of nitrogens with one attached hydrogen (secondary N) is 15. The summed E-state index contributed by atoms with van der Waals surface area (Å²) in [7, 11) is 0. The van der Waals surface area contributed by atoms with E-state index in [1.807, 2.05) is 0 Å². The first-order chi connectivity index (χ1) is 51.7. The molecule has 36 N–H and O–H groups in total. The minimum atomic E-state index is -1.96. The molecule has 43 nitrogen and oxygen atoms in total. The Morgan fingerprint density at radius 1 is 0.455 bits per heavy atom. The number of carboxylic acids is 1. The lowest BCUT2D eigenvalue weighted by Crippen LogP contribution is -2.63. The number of phenols is 2. The van der Waals surface area contributed by atoms with Crippen molar-refractivity contribution >= 4 is 120 Å². The fourth-order valence-electron chi connectivity index (χ4n) is 10.3. The molecule has 614 valence electrons. The molecule has 14 atom stereocenters. The van der Waals surface area contributed by atoms with Crippen molar-refractivity contribution in [2.75, 3.05) is 51.6 Å². The molecule has 0 aliphatic heterocycles. The number of hydrogen-bond acceptors (Lipinski definition) is 27. The van der Waals surface area contributed by atoms with E-state index >= 15 is 0 Å². The predicted molar refractivity (Wildman–Crippen MR) is 403 cm³/mol. The number of thiol groups is 2. The van der Waals surface area contributed by atoms with E-state index in [4.69, 9.17) is 51.3 Å². The van der Waals surface area contributed by atoms with Gasteiger partial charge in [0.25, 0.3) is 0 Å². The fraction of sp³-hybridized carbons (Fsp3) is 0.569. The summed E-state index contributed by atoms with van der Waals surface area (Å²) in [5, 5.41) is 91.4. The van der Waals surface area contributed by atoms with Gasteiger partial charge in [0.05, 0.1) is 25.2 Å². The molecule has 15 amide bonds. The maximum atomic E-state index is 14.4. The molecule has 0 saturated carbocycles. The molecule has 2 rings (SSSR count). The molecule has 45 heteroatoms. The molecule has 2 aromatic rings. The van der Waals surface area contributed by atoms with Crippen molar-refractivity contribution < 1.29 is 97.5 Å². The molecule has 0 aromatic heterocycles. The van der Waals surface area contributed by atoms with Gasteiger partial charge in [-0.05, 0) is 134 Å². The van der Waals surface area contributed by atoms with Crippen LogP contribution in [0.2, 0.25) is 0 Å². The van der Waals surface area contributed by atoms with Gasteiger partial charge in [-0.25, -0.2) is 9.59 Å². The molecule has 2 aromatic carbocycles. The van der Waals surface area contributed by atoms with Crippen LogP contribution in [-0.4, -0.2) is 261 Å². The van der Waals surface area contributed by atoms with Crippen LogP contribution < -0.4 is 120 Å². The van der Waals surface area contributed by atoms with E-state index in [1.54, 1.807) is 0 Å². The van der Waals surface area contributed by atoms with Crippen LogP contribution in [0, 0.1) is 5.41 Å². The fourth-order valence-corrected chi connectivity index (χ4v) is 10.8. The number of carbonyl (C=O) groups is 15. The topological polar surface area (TPSA) is 758 Å². The zero-order chi connectivity index (χ0) is 83.1. The van der Waals surface area contributed by atoms with E-state index in [0.29, 0.717) is 11.1 Å². The molecular weight excluding hydrogens is 1490 g/mol. The van der Waals surface area contributed by atoms with Crippen molar-refractivity contribution in [3.8, 4) is 11.5 Å². The van der Waals surface area contributed by atoms with E-state index < -0.39 is 209 Å². The quantitative estimate of drug-likeness (QED) is 0.0127. The Balaban J connectivity index is 2.44. The maximum absolute atomic E-state index is 14.4. The highest BCUT2D eigenvalue weighted by molar-refractivity contribution is 7.81. The van der Waals surface area contributed by atoms with Crippen LogP contribution in [0.1, 0.15) is 89.7 Å². The number of aromatic hydroxyl groups is 2. The van der Waals surface area contributed by atoms with Crippen LogP contribution >= 0.6 is 25.3 Å². The number of aliphatic hydroxyl groups is 2. The van der Waals surface area contributed by atoms with Gasteiger partial charge < -0.3 is 146 Å². The molecule has 0 unspecified atom stereocenters. The number of rotatable bonds is 51. The van der Waals surface area contributed by atoms with E-state index in [1.165, 1.54) is 62.4 Å². The third kappa shape index (κ3) is 34.9. The molecule has 0 aliphatic carbocycles. The van der Waals surface area contributed by atoms with Crippen molar-refractivity contribution in [3.63, 3.8) is 0 Å². The van der Waals surface area contributed by atoms with E-state index in [2.05, 4.69) is 99.7 Å². The van der Waals surface area contributed by atoms with Crippen LogP contribution in [0.15, 0.2) is 48.5 Å². The summed E-state index contributed by atoms with van der Waals surface area (Å²) < 4.78 is -1.49. The second kappa shape index (κ2) is 48.9. The number of benzene rings is 2. The van der Waals surface area contributed by atoms with E-state index in [9.17, 15) is 97.5 Å². The van der Waals surface area contributed by atoms with Gasteiger partial charge in [0, 0.05) is 36.4 Å². The average Bonchev–Trinajstić information content (AvgIpc) is 0.828. The number of amides is 15. The number of hydrogen-bond donors (Lipinski definition) is 30. The van der Waals surface area contributed by atoms with Gasteiger partial charge in [0.2, 0.25) is 76.8 Å². The van der Waals surface area contributed by atoms with Crippen molar-refractivity contribution in [2.45, 2.75) is 181 Å². The summed E-state index contributed by atoms with van der Waals surface area (Å²) >= 11 is 8.71. The first-order valence-corrected chi connectivity index (χ1v) is 35.8. The molecule has 0 spiro atoms. The number of urea groups is 1. The molecular formula is C65H107N23O20S2. The monoisotopic (exact) mass is 1590 g/mol. The van der Waals surface area contributed by atoms with Crippen molar-refractivity contribution in [3.05, 3.63) is 59.7 Å². The zero-order valence-corrected chi connectivity index (χ0v) is 62.8. The van der Waals surface area contributed by atoms with Gasteiger partial charge in [-0.1, -0.05) is 24.3 Å². The summed E-state index contributed by atoms with van der Waals surface area (Å²) in [4.78, 5) is 204. The second-order valence-corrected chi connectivity index (χ2v) is 27.4. The lowest BCUT2D eigenvalue weighted by molar-refractivity contribution is -0.142. The van der Waals surface area contributed by atoms with Crippen LogP contribution in [0.3, 0.4) is 0 Å². The van der Waals surface area contributed by atoms with Crippen LogP contribution in [0.4, 0.5) is 4.79 Å². The van der Waals surface area contributed by atoms with Crippen LogP contribution in [0.5, 0.6) is 11.5 Å². The molecule has 0 bridgehead atoms. The lowest BCUT2D eigenvalue weighted by atomic mass is 9.99. The van der Waals surface area contributed by atoms with Gasteiger partial charge in [0.15, 0.2) is 5.96 Å². The molecule has 0 saturated heterocycles. The van der Waals surface area contributed by atoms with Crippen molar-refractivity contribution in [1.82, 2.24) is 74.4 Å². The molecule has 110 heavy (non-hydrogen) atoms. The highest BCUT2D eigenvalue weighted by Gasteiger charge is 2.41. The highest BCUT2D eigenvalue weighted by Crippen LogP contribution is 2.20. The summed E-state index contributed by atoms with van der Waals surface area (Å²) in [5.41, 5.74) is 46.1. The van der Waals surface area contributed by atoms with Gasteiger partial charge in [0.1, 0.15) is 84.0 Å². The Labute approximate surface area is 644 Å².